The maximum atomic E-state index is 12.4. The van der Waals surface area contributed by atoms with Crippen LogP contribution in [0.2, 0.25) is 0 Å². The fourth-order valence-corrected chi connectivity index (χ4v) is 7.28. The van der Waals surface area contributed by atoms with Crippen molar-refractivity contribution in [1.29, 1.82) is 0 Å². The maximum absolute atomic E-state index is 12.4. The van der Waals surface area contributed by atoms with Gasteiger partial charge in [-0.15, -0.1) is 0 Å². The van der Waals surface area contributed by atoms with Crippen LogP contribution >= 0.6 is 0 Å². The van der Waals surface area contributed by atoms with E-state index in [1.165, 1.54) is 5.57 Å². The van der Waals surface area contributed by atoms with Crippen molar-refractivity contribution in [2.75, 3.05) is 6.61 Å². The molecule has 0 aliphatic heterocycles. The number of carbonyl (C=O) groups is 2. The van der Waals surface area contributed by atoms with E-state index in [0.717, 1.165) is 25.7 Å². The minimum atomic E-state index is -2.17. The number of aliphatic hydroxyl groups excluding tert-OH is 2. The van der Waals surface area contributed by atoms with E-state index in [1.807, 2.05) is 6.92 Å². The quantitative estimate of drug-likeness (QED) is 0.331. The van der Waals surface area contributed by atoms with Crippen molar-refractivity contribution in [2.24, 2.45) is 28.6 Å². The van der Waals surface area contributed by atoms with E-state index in [9.17, 15) is 24.9 Å². The molecule has 3 saturated carbocycles. The molecule has 168 valence electrons. The summed E-state index contributed by atoms with van der Waals surface area (Å²) in [5.41, 5.74) is -1.23. The van der Waals surface area contributed by atoms with Crippen LogP contribution in [0.25, 0.3) is 0 Å². The molecule has 0 unspecified atom stereocenters. The van der Waals surface area contributed by atoms with Gasteiger partial charge in [-0.1, -0.05) is 19.4 Å². The molecule has 4 aliphatic carbocycles. The molecule has 0 bridgehead atoms. The lowest BCUT2D eigenvalue weighted by Crippen LogP contribution is -2.62. The number of aliphatic hydroxyl groups is 3. The van der Waals surface area contributed by atoms with Gasteiger partial charge < -0.3 is 30.4 Å². The van der Waals surface area contributed by atoms with Crippen molar-refractivity contribution in [3.05, 3.63) is 11.6 Å². The van der Waals surface area contributed by atoms with Gasteiger partial charge in [0.05, 0.1) is 6.10 Å². The number of rotatable bonds is 2. The zero-order valence-electron chi connectivity index (χ0n) is 17.6. The number of carbonyl (C=O) groups excluding carboxylic acids is 2. The molecule has 6 N–H and O–H groups in total. The molecule has 0 radical (unpaired) electrons. The number of Topliss-reactive ketones (excluding diaryl/α,β-unsaturated/α-hetero) is 1. The molecular weight excluding hydrogens is 391 g/mol. The zero-order chi connectivity index (χ0) is 22.5. The average molecular weight is 424 g/mol. The molecule has 4 rings (SSSR count). The minimum Gasteiger partial charge on any atom is -0.402 e. The second kappa shape index (κ2) is 8.11. The molecule has 0 aromatic heterocycles. The molecule has 30 heavy (non-hydrogen) atoms. The molecule has 4 aliphatic rings. The monoisotopic (exact) mass is 424 g/mol. The molecule has 9 heteroatoms. The predicted octanol–water partition coefficient (Wildman–Crippen LogP) is -0.270. The van der Waals surface area contributed by atoms with Crippen LogP contribution < -0.4 is 0 Å². The highest BCUT2D eigenvalue weighted by Crippen LogP contribution is 2.67. The third-order valence-electron chi connectivity index (χ3n) is 8.65. The molecule has 0 amide bonds. The molecule has 0 saturated heterocycles. The van der Waals surface area contributed by atoms with Gasteiger partial charge in [0.15, 0.2) is 11.6 Å². The van der Waals surface area contributed by atoms with Gasteiger partial charge in [0.1, 0.15) is 12.2 Å². The largest absolute Gasteiger partial charge is 0.631 e. The van der Waals surface area contributed by atoms with Crippen molar-refractivity contribution >= 4 is 18.9 Å². The summed E-state index contributed by atoms with van der Waals surface area (Å²) in [6.07, 6.45) is 5.74. The van der Waals surface area contributed by atoms with Gasteiger partial charge in [0, 0.05) is 11.8 Å². The van der Waals surface area contributed by atoms with Crippen LogP contribution in [0, 0.1) is 28.6 Å². The summed E-state index contributed by atoms with van der Waals surface area (Å²) in [6.45, 7) is 3.46. The van der Waals surface area contributed by atoms with Crippen LogP contribution in [0.4, 0.5) is 0 Å². The number of ketones is 2. The third-order valence-corrected chi connectivity index (χ3v) is 8.65. The summed E-state index contributed by atoms with van der Waals surface area (Å²) in [6, 6.07) is 0. The SMILES string of the molecule is C[C@]12CCC(=O)C=C1CC[C@@H]1[C@@H]2[C@@H](O)C[C@@]2(C)[C@H]1CC[C@]2(O)C(=O)CO.OB(O)O. The lowest BCUT2D eigenvalue weighted by Gasteiger charge is -2.60. The van der Waals surface area contributed by atoms with Crippen molar-refractivity contribution in [3.63, 3.8) is 0 Å². The molecular formula is C21H33BO8. The summed E-state index contributed by atoms with van der Waals surface area (Å²) in [5, 5.41) is 53.2. The fraction of sp³-hybridized carbons (Fsp3) is 0.810. The highest BCUT2D eigenvalue weighted by Gasteiger charge is 2.68. The lowest BCUT2D eigenvalue weighted by molar-refractivity contribution is -0.182. The number of hydrogen-bond donors (Lipinski definition) is 6. The van der Waals surface area contributed by atoms with E-state index in [0.29, 0.717) is 19.3 Å². The molecule has 0 spiro atoms. The summed E-state index contributed by atoms with van der Waals surface area (Å²) in [5.74, 6) is 0.140. The second-order valence-corrected chi connectivity index (χ2v) is 9.90. The molecule has 0 aromatic carbocycles. The van der Waals surface area contributed by atoms with Gasteiger partial charge >= 0.3 is 7.32 Å². The Balaban J connectivity index is 0.000000589. The number of fused-ring (bicyclic) bond motifs is 5. The second-order valence-electron chi connectivity index (χ2n) is 9.90. The van der Waals surface area contributed by atoms with E-state index >= 15 is 0 Å². The van der Waals surface area contributed by atoms with E-state index < -0.39 is 36.8 Å². The van der Waals surface area contributed by atoms with Crippen LogP contribution in [0.5, 0.6) is 0 Å². The van der Waals surface area contributed by atoms with Gasteiger partial charge in [-0.3, -0.25) is 9.59 Å². The highest BCUT2D eigenvalue weighted by atomic mass is 16.5. The predicted molar refractivity (Wildman–Crippen MR) is 108 cm³/mol. The minimum absolute atomic E-state index is 0.0697. The van der Waals surface area contributed by atoms with Gasteiger partial charge in [-0.05, 0) is 67.8 Å². The Morgan fingerprint density at radius 3 is 2.40 bits per heavy atom. The first-order valence-electron chi connectivity index (χ1n) is 10.7. The van der Waals surface area contributed by atoms with Crippen LogP contribution in [0.3, 0.4) is 0 Å². The van der Waals surface area contributed by atoms with Crippen molar-refractivity contribution in [3.8, 4) is 0 Å². The average Bonchev–Trinajstić information content (AvgIpc) is 2.92. The number of allylic oxidation sites excluding steroid dienone is 1. The Bertz CT molecular complexity index is 736. The number of hydrogen-bond acceptors (Lipinski definition) is 8. The van der Waals surface area contributed by atoms with Gasteiger partial charge in [-0.25, -0.2) is 0 Å². The van der Waals surface area contributed by atoms with Crippen LogP contribution in [-0.4, -0.2) is 67.6 Å². The highest BCUT2D eigenvalue weighted by molar-refractivity contribution is 6.30. The van der Waals surface area contributed by atoms with Crippen molar-refractivity contribution in [2.45, 2.75) is 70.5 Å². The molecule has 0 heterocycles. The summed E-state index contributed by atoms with van der Waals surface area (Å²) >= 11 is 0. The smallest absolute Gasteiger partial charge is 0.402 e. The maximum Gasteiger partial charge on any atom is 0.631 e. The van der Waals surface area contributed by atoms with Crippen molar-refractivity contribution in [1.82, 2.24) is 0 Å². The Hall–Kier alpha value is -1.10. The third kappa shape index (κ3) is 3.49. The fourth-order valence-electron chi connectivity index (χ4n) is 7.28. The molecule has 7 atom stereocenters. The Kier molecular flexibility index (Phi) is 6.37. The van der Waals surface area contributed by atoms with E-state index in [2.05, 4.69) is 6.92 Å². The first-order valence-corrected chi connectivity index (χ1v) is 10.7. The first kappa shape index (κ1) is 23.6. The Labute approximate surface area is 176 Å². The Morgan fingerprint density at radius 2 is 1.80 bits per heavy atom. The molecule has 0 aromatic rings. The lowest BCUT2D eigenvalue weighted by atomic mass is 9.45. The molecule has 8 nitrogen and oxygen atoms in total. The normalized spacial score (nSPS) is 44.7. The zero-order valence-corrected chi connectivity index (χ0v) is 17.6. The standard InChI is InChI=1S/C21H30O5.BH3O3/c1-19-7-5-13(23)9-12(19)3-4-14-15-6-8-21(26,17(25)11-22)20(15,2)10-16(24)18(14)19;2-1(3)4/h9,14-16,18,22,24,26H,3-8,10-11H2,1-2H3;2-4H/t14-,15-,16-,18+,19-,20-,21-;/m0./s1. The van der Waals surface area contributed by atoms with Gasteiger partial charge in [0.25, 0.3) is 0 Å². The van der Waals surface area contributed by atoms with E-state index in [4.69, 9.17) is 15.1 Å². The van der Waals surface area contributed by atoms with Crippen LogP contribution in [0.15, 0.2) is 11.6 Å². The van der Waals surface area contributed by atoms with Crippen LogP contribution in [-0.2, 0) is 9.59 Å². The van der Waals surface area contributed by atoms with Gasteiger partial charge in [-0.2, -0.15) is 0 Å². The topological polar surface area (TPSA) is 156 Å². The first-order chi connectivity index (χ1) is 13.9. The Morgan fingerprint density at radius 1 is 1.17 bits per heavy atom. The summed E-state index contributed by atoms with van der Waals surface area (Å²) in [4.78, 5) is 24.3. The van der Waals surface area contributed by atoms with E-state index in [1.54, 1.807) is 6.08 Å². The molecule has 3 fully saturated rings. The summed E-state index contributed by atoms with van der Waals surface area (Å²) < 4.78 is 0. The van der Waals surface area contributed by atoms with Crippen LogP contribution in [0.1, 0.15) is 58.8 Å². The summed E-state index contributed by atoms with van der Waals surface area (Å²) in [7, 11) is -2.17. The van der Waals surface area contributed by atoms with Crippen molar-refractivity contribution < 1.29 is 40.0 Å². The van der Waals surface area contributed by atoms with Gasteiger partial charge in [0.2, 0.25) is 0 Å². The van der Waals surface area contributed by atoms with E-state index in [-0.39, 0.29) is 29.0 Å².